The molecule has 0 unspecified atom stereocenters. The van der Waals surface area contributed by atoms with Crippen LogP contribution < -0.4 is 5.32 Å². The second kappa shape index (κ2) is 8.26. The minimum Gasteiger partial charge on any atom is -0.352 e. The summed E-state index contributed by atoms with van der Waals surface area (Å²) >= 11 is 5.74. The zero-order valence-corrected chi connectivity index (χ0v) is 14.0. The molecule has 0 bridgehead atoms. The molecule has 1 aliphatic heterocycles. The number of nitrogens with zero attached hydrogens (tertiary/aromatic N) is 2. The van der Waals surface area contributed by atoms with Crippen LogP contribution in [0.25, 0.3) is 0 Å². The number of carbonyl (C=O) groups is 1. The van der Waals surface area contributed by atoms with E-state index in [4.69, 9.17) is 11.6 Å². The number of nitro groups is 1. The third kappa shape index (κ3) is 5.18. The maximum absolute atomic E-state index is 12.0. The second-order valence-electron chi connectivity index (χ2n) is 6.06. The number of rotatable bonds is 6. The Kier molecular flexibility index (Phi) is 6.36. The van der Waals surface area contributed by atoms with Gasteiger partial charge < -0.3 is 10.2 Å². The van der Waals surface area contributed by atoms with Gasteiger partial charge in [-0.25, -0.2) is 0 Å². The number of amides is 1. The molecule has 1 aromatic rings. The summed E-state index contributed by atoms with van der Waals surface area (Å²) in [5, 5.41) is 13.7. The van der Waals surface area contributed by atoms with E-state index in [0.29, 0.717) is 6.54 Å². The van der Waals surface area contributed by atoms with Gasteiger partial charge >= 0.3 is 0 Å². The van der Waals surface area contributed by atoms with Gasteiger partial charge in [0.05, 0.1) is 4.92 Å². The van der Waals surface area contributed by atoms with Crippen LogP contribution in [-0.4, -0.2) is 41.9 Å². The summed E-state index contributed by atoms with van der Waals surface area (Å²) in [5.74, 6) is 0.503. The van der Waals surface area contributed by atoms with Gasteiger partial charge in [0.15, 0.2) is 0 Å². The van der Waals surface area contributed by atoms with Gasteiger partial charge in [0.1, 0.15) is 5.02 Å². The van der Waals surface area contributed by atoms with Crippen LogP contribution in [0.4, 0.5) is 5.69 Å². The summed E-state index contributed by atoms with van der Waals surface area (Å²) < 4.78 is 0. The SMILES string of the molecule is CC1CCN(CCCNC(=O)c2ccc(Cl)c([N+](=O)[O-])c2)CC1. The molecule has 1 aliphatic rings. The number of carbonyl (C=O) groups excluding carboxylic acids is 1. The number of nitro benzene ring substituents is 1. The van der Waals surface area contributed by atoms with Gasteiger partial charge in [-0.2, -0.15) is 0 Å². The van der Waals surface area contributed by atoms with Crippen molar-refractivity contribution in [3.63, 3.8) is 0 Å². The van der Waals surface area contributed by atoms with Crippen molar-refractivity contribution in [2.24, 2.45) is 5.92 Å². The highest BCUT2D eigenvalue weighted by molar-refractivity contribution is 6.32. The first-order chi connectivity index (χ1) is 11.0. The lowest BCUT2D eigenvalue weighted by Crippen LogP contribution is -2.35. The van der Waals surface area contributed by atoms with Gasteiger partial charge in [-0.3, -0.25) is 14.9 Å². The van der Waals surface area contributed by atoms with Gasteiger partial charge in [0.2, 0.25) is 0 Å². The Labute approximate surface area is 141 Å². The number of hydrogen-bond donors (Lipinski definition) is 1. The van der Waals surface area contributed by atoms with E-state index in [2.05, 4.69) is 17.1 Å². The fourth-order valence-electron chi connectivity index (χ4n) is 2.69. The molecule has 1 saturated heterocycles. The largest absolute Gasteiger partial charge is 0.352 e. The number of likely N-dealkylation sites (tertiary alicyclic amines) is 1. The number of halogens is 1. The minimum absolute atomic E-state index is 0.0332. The monoisotopic (exact) mass is 339 g/mol. The molecular weight excluding hydrogens is 318 g/mol. The Morgan fingerprint density at radius 3 is 2.78 bits per heavy atom. The van der Waals surface area contributed by atoms with E-state index < -0.39 is 4.92 Å². The topological polar surface area (TPSA) is 75.5 Å². The predicted molar refractivity (Wildman–Crippen MR) is 89.9 cm³/mol. The van der Waals surface area contributed by atoms with Crippen LogP contribution in [0.3, 0.4) is 0 Å². The van der Waals surface area contributed by atoms with Crippen LogP contribution >= 0.6 is 11.6 Å². The van der Waals surface area contributed by atoms with Crippen molar-refractivity contribution >= 4 is 23.2 Å². The summed E-state index contributed by atoms with van der Waals surface area (Å²) in [6, 6.07) is 4.09. The summed E-state index contributed by atoms with van der Waals surface area (Å²) in [7, 11) is 0. The Morgan fingerprint density at radius 2 is 2.13 bits per heavy atom. The Hall–Kier alpha value is -1.66. The maximum Gasteiger partial charge on any atom is 0.288 e. The summed E-state index contributed by atoms with van der Waals surface area (Å²) in [6.07, 6.45) is 3.34. The van der Waals surface area contributed by atoms with Gasteiger partial charge in [-0.05, 0) is 56.9 Å². The van der Waals surface area contributed by atoms with E-state index in [1.54, 1.807) is 0 Å². The highest BCUT2D eigenvalue weighted by Crippen LogP contribution is 2.25. The Bertz CT molecular complexity index is 572. The average molecular weight is 340 g/mol. The zero-order chi connectivity index (χ0) is 16.8. The van der Waals surface area contributed by atoms with Crippen LogP contribution in [0.2, 0.25) is 5.02 Å². The van der Waals surface area contributed by atoms with E-state index in [1.165, 1.54) is 31.0 Å². The molecule has 1 aromatic carbocycles. The van der Waals surface area contributed by atoms with E-state index in [-0.39, 0.29) is 22.2 Å². The van der Waals surface area contributed by atoms with Crippen molar-refractivity contribution in [2.75, 3.05) is 26.2 Å². The first kappa shape index (κ1) is 17.7. The molecule has 7 heteroatoms. The fourth-order valence-corrected chi connectivity index (χ4v) is 2.87. The lowest BCUT2D eigenvalue weighted by atomic mass is 9.99. The summed E-state index contributed by atoms with van der Waals surface area (Å²) in [6.45, 7) is 6.05. The molecule has 0 radical (unpaired) electrons. The van der Waals surface area contributed by atoms with Crippen molar-refractivity contribution in [1.29, 1.82) is 0 Å². The first-order valence-electron chi connectivity index (χ1n) is 7.92. The third-order valence-electron chi connectivity index (χ3n) is 4.22. The normalized spacial score (nSPS) is 16.3. The van der Waals surface area contributed by atoms with Crippen LogP contribution in [-0.2, 0) is 0 Å². The predicted octanol–water partition coefficient (Wildman–Crippen LogP) is 3.10. The molecule has 1 amide bonds. The molecule has 6 nitrogen and oxygen atoms in total. The van der Waals surface area contributed by atoms with Crippen molar-refractivity contribution in [2.45, 2.75) is 26.2 Å². The molecule has 0 saturated carbocycles. The molecule has 1 heterocycles. The van der Waals surface area contributed by atoms with E-state index in [0.717, 1.165) is 32.0 Å². The molecule has 2 rings (SSSR count). The molecule has 23 heavy (non-hydrogen) atoms. The molecular formula is C16H22ClN3O3. The van der Waals surface area contributed by atoms with Crippen LogP contribution in [0.1, 0.15) is 36.5 Å². The number of hydrogen-bond acceptors (Lipinski definition) is 4. The van der Waals surface area contributed by atoms with Gasteiger partial charge in [-0.1, -0.05) is 18.5 Å². The molecule has 1 N–H and O–H groups in total. The van der Waals surface area contributed by atoms with Crippen LogP contribution in [0.5, 0.6) is 0 Å². The van der Waals surface area contributed by atoms with Gasteiger partial charge in [0, 0.05) is 18.2 Å². The van der Waals surface area contributed by atoms with Crippen LogP contribution in [0.15, 0.2) is 18.2 Å². The van der Waals surface area contributed by atoms with Gasteiger partial charge in [-0.15, -0.1) is 0 Å². The number of piperidine rings is 1. The molecule has 0 atom stereocenters. The lowest BCUT2D eigenvalue weighted by Gasteiger charge is -2.30. The number of nitrogens with one attached hydrogen (secondary N) is 1. The average Bonchev–Trinajstić information content (AvgIpc) is 2.53. The second-order valence-corrected chi connectivity index (χ2v) is 6.46. The summed E-state index contributed by atoms with van der Waals surface area (Å²) in [5.41, 5.74) is 0.00894. The van der Waals surface area contributed by atoms with Gasteiger partial charge in [0.25, 0.3) is 11.6 Å². The smallest absolute Gasteiger partial charge is 0.288 e. The Morgan fingerprint density at radius 1 is 1.43 bits per heavy atom. The highest BCUT2D eigenvalue weighted by Gasteiger charge is 2.17. The molecule has 0 aromatic heterocycles. The highest BCUT2D eigenvalue weighted by atomic mass is 35.5. The first-order valence-corrected chi connectivity index (χ1v) is 8.29. The van der Waals surface area contributed by atoms with Crippen molar-refractivity contribution in [3.8, 4) is 0 Å². The van der Waals surface area contributed by atoms with Crippen LogP contribution in [0, 0.1) is 16.0 Å². The standard InChI is InChI=1S/C16H22ClN3O3/c1-12-5-9-19(10-6-12)8-2-7-18-16(21)13-3-4-14(17)15(11-13)20(22)23/h3-4,11-12H,2,5-10H2,1H3,(H,18,21). The fraction of sp³-hybridized carbons (Fsp3) is 0.562. The number of benzene rings is 1. The quantitative estimate of drug-likeness (QED) is 0.491. The molecule has 0 spiro atoms. The minimum atomic E-state index is -0.587. The molecule has 1 fully saturated rings. The molecule has 126 valence electrons. The molecule has 0 aliphatic carbocycles. The van der Waals surface area contributed by atoms with Crippen molar-refractivity contribution in [3.05, 3.63) is 38.9 Å². The zero-order valence-electron chi connectivity index (χ0n) is 13.3. The van der Waals surface area contributed by atoms with Crippen molar-refractivity contribution in [1.82, 2.24) is 10.2 Å². The van der Waals surface area contributed by atoms with Crippen molar-refractivity contribution < 1.29 is 9.72 Å². The van der Waals surface area contributed by atoms with E-state index >= 15 is 0 Å². The van der Waals surface area contributed by atoms with E-state index in [1.807, 2.05) is 0 Å². The summed E-state index contributed by atoms with van der Waals surface area (Å²) in [4.78, 5) is 24.7. The Balaban J connectivity index is 1.77. The van der Waals surface area contributed by atoms with E-state index in [9.17, 15) is 14.9 Å². The maximum atomic E-state index is 12.0. The third-order valence-corrected chi connectivity index (χ3v) is 4.54. The lowest BCUT2D eigenvalue weighted by molar-refractivity contribution is -0.384.